The van der Waals surface area contributed by atoms with Crippen LogP contribution in [0.4, 0.5) is 0 Å². The Morgan fingerprint density at radius 2 is 1.95 bits per heavy atom. The molecule has 0 fully saturated rings. The number of carbonyl (C=O) groups is 1. The normalized spacial score (nSPS) is 11.4. The van der Waals surface area contributed by atoms with E-state index in [9.17, 15) is 4.79 Å². The summed E-state index contributed by atoms with van der Waals surface area (Å²) >= 11 is 5.04. The molecular formula is C15H15BrN2OS. The molecule has 1 aromatic heterocycles. The Kier molecular flexibility index (Phi) is 5.09. The van der Waals surface area contributed by atoms with E-state index in [-0.39, 0.29) is 5.91 Å². The molecule has 0 aliphatic carbocycles. The number of hydrazone groups is 1. The molecule has 0 saturated heterocycles. The van der Waals surface area contributed by atoms with Gasteiger partial charge in [-0.1, -0.05) is 22.9 Å². The number of rotatable bonds is 4. The highest BCUT2D eigenvalue weighted by atomic mass is 79.9. The summed E-state index contributed by atoms with van der Waals surface area (Å²) < 4.78 is 0.944. The van der Waals surface area contributed by atoms with Crippen molar-refractivity contribution in [2.45, 2.75) is 20.3 Å². The largest absolute Gasteiger partial charge is 0.271 e. The van der Waals surface area contributed by atoms with Crippen LogP contribution >= 0.6 is 27.3 Å². The second-order valence-corrected chi connectivity index (χ2v) is 6.35. The van der Waals surface area contributed by atoms with Gasteiger partial charge in [-0.3, -0.25) is 4.79 Å². The molecule has 0 atom stereocenters. The van der Waals surface area contributed by atoms with Crippen LogP contribution in [-0.4, -0.2) is 11.6 Å². The van der Waals surface area contributed by atoms with Gasteiger partial charge in [0.15, 0.2) is 0 Å². The van der Waals surface area contributed by atoms with Crippen molar-refractivity contribution in [2.24, 2.45) is 5.10 Å². The first-order valence-corrected chi connectivity index (χ1v) is 7.90. The molecule has 1 heterocycles. The molecule has 20 heavy (non-hydrogen) atoms. The zero-order valence-corrected chi connectivity index (χ0v) is 13.7. The second-order valence-electron chi connectivity index (χ2n) is 4.26. The van der Waals surface area contributed by atoms with Gasteiger partial charge < -0.3 is 0 Å². The van der Waals surface area contributed by atoms with E-state index in [1.165, 1.54) is 4.88 Å². The van der Waals surface area contributed by atoms with Gasteiger partial charge in [0.2, 0.25) is 0 Å². The standard InChI is InChI=1S/C15H15BrN2OS/c1-3-13-8-9-14(20-13)10(2)17-18-15(19)11-4-6-12(16)7-5-11/h4-9H,3H2,1-2H3,(H,18,19). The van der Waals surface area contributed by atoms with Crippen LogP contribution in [0.5, 0.6) is 0 Å². The highest BCUT2D eigenvalue weighted by Crippen LogP contribution is 2.17. The predicted octanol–water partition coefficient (Wildman–Crippen LogP) is 4.23. The molecule has 0 aliphatic heterocycles. The third-order valence-electron chi connectivity index (χ3n) is 2.80. The monoisotopic (exact) mass is 350 g/mol. The number of carbonyl (C=O) groups excluding carboxylic acids is 1. The van der Waals surface area contributed by atoms with E-state index in [2.05, 4.69) is 39.4 Å². The van der Waals surface area contributed by atoms with E-state index < -0.39 is 0 Å². The molecule has 1 N–H and O–H groups in total. The minimum atomic E-state index is -0.205. The van der Waals surface area contributed by atoms with Crippen LogP contribution in [-0.2, 0) is 6.42 Å². The number of benzene rings is 1. The van der Waals surface area contributed by atoms with Crippen LogP contribution in [0.1, 0.15) is 34.0 Å². The van der Waals surface area contributed by atoms with E-state index >= 15 is 0 Å². The summed E-state index contributed by atoms with van der Waals surface area (Å²) in [6, 6.07) is 11.3. The second kappa shape index (κ2) is 6.81. The molecule has 1 aromatic carbocycles. The van der Waals surface area contributed by atoms with Crippen LogP contribution in [0.3, 0.4) is 0 Å². The fourth-order valence-electron chi connectivity index (χ4n) is 1.62. The molecule has 0 aliphatic rings. The van der Waals surface area contributed by atoms with Gasteiger partial charge in [0, 0.05) is 14.9 Å². The Morgan fingerprint density at radius 3 is 2.55 bits per heavy atom. The molecule has 0 unspecified atom stereocenters. The Morgan fingerprint density at radius 1 is 1.25 bits per heavy atom. The number of hydrogen-bond acceptors (Lipinski definition) is 3. The van der Waals surface area contributed by atoms with Crippen molar-refractivity contribution >= 4 is 38.9 Å². The van der Waals surface area contributed by atoms with Gasteiger partial charge in [-0.15, -0.1) is 11.3 Å². The fourth-order valence-corrected chi connectivity index (χ4v) is 2.77. The molecule has 0 bridgehead atoms. The van der Waals surface area contributed by atoms with Crippen molar-refractivity contribution < 1.29 is 4.79 Å². The Labute approximate surface area is 130 Å². The third kappa shape index (κ3) is 3.77. The minimum absolute atomic E-state index is 0.205. The topological polar surface area (TPSA) is 41.5 Å². The van der Waals surface area contributed by atoms with Crippen LogP contribution < -0.4 is 5.43 Å². The number of hydrogen-bond donors (Lipinski definition) is 1. The summed E-state index contributed by atoms with van der Waals surface area (Å²) in [6.45, 7) is 4.02. The number of thiophene rings is 1. The minimum Gasteiger partial charge on any atom is -0.267 e. The number of nitrogens with zero attached hydrogens (tertiary/aromatic N) is 1. The number of aryl methyl sites for hydroxylation is 1. The van der Waals surface area contributed by atoms with Crippen molar-refractivity contribution in [1.29, 1.82) is 0 Å². The van der Waals surface area contributed by atoms with Crippen molar-refractivity contribution in [3.8, 4) is 0 Å². The lowest BCUT2D eigenvalue weighted by Crippen LogP contribution is -2.18. The molecular weight excluding hydrogens is 336 g/mol. The van der Waals surface area contributed by atoms with Crippen LogP contribution in [0.15, 0.2) is 46.0 Å². The molecule has 2 rings (SSSR count). The summed E-state index contributed by atoms with van der Waals surface area (Å²) in [5.74, 6) is -0.205. The third-order valence-corrected chi connectivity index (χ3v) is 4.67. The Hall–Kier alpha value is -1.46. The summed E-state index contributed by atoms with van der Waals surface area (Å²) in [5.41, 5.74) is 3.99. The summed E-state index contributed by atoms with van der Waals surface area (Å²) in [6.07, 6.45) is 1.02. The Bertz CT molecular complexity index is 632. The van der Waals surface area contributed by atoms with Crippen molar-refractivity contribution in [3.05, 3.63) is 56.2 Å². The lowest BCUT2D eigenvalue weighted by Gasteiger charge is -2.01. The molecule has 0 saturated carbocycles. The maximum atomic E-state index is 11.9. The lowest BCUT2D eigenvalue weighted by atomic mass is 10.2. The summed E-state index contributed by atoms with van der Waals surface area (Å²) in [5, 5.41) is 4.16. The molecule has 0 spiro atoms. The van der Waals surface area contributed by atoms with Gasteiger partial charge in [-0.25, -0.2) is 5.43 Å². The lowest BCUT2D eigenvalue weighted by molar-refractivity contribution is 0.0955. The van der Waals surface area contributed by atoms with E-state index in [1.807, 2.05) is 25.1 Å². The van der Waals surface area contributed by atoms with Gasteiger partial charge >= 0.3 is 0 Å². The SMILES string of the molecule is CCc1ccc(C(C)=NNC(=O)c2ccc(Br)cc2)s1. The number of amides is 1. The summed E-state index contributed by atoms with van der Waals surface area (Å²) in [4.78, 5) is 14.3. The summed E-state index contributed by atoms with van der Waals surface area (Å²) in [7, 11) is 0. The highest BCUT2D eigenvalue weighted by Gasteiger charge is 2.06. The average Bonchev–Trinajstić information content (AvgIpc) is 2.94. The molecule has 104 valence electrons. The molecule has 0 radical (unpaired) electrons. The molecule has 5 heteroatoms. The maximum Gasteiger partial charge on any atom is 0.271 e. The van der Waals surface area contributed by atoms with E-state index in [0.717, 1.165) is 21.5 Å². The number of nitrogens with one attached hydrogen (secondary N) is 1. The zero-order chi connectivity index (χ0) is 14.5. The first-order valence-electron chi connectivity index (χ1n) is 6.29. The van der Waals surface area contributed by atoms with E-state index in [0.29, 0.717) is 5.56 Å². The molecule has 3 nitrogen and oxygen atoms in total. The van der Waals surface area contributed by atoms with E-state index in [1.54, 1.807) is 23.5 Å². The van der Waals surface area contributed by atoms with Crippen LogP contribution in [0, 0.1) is 0 Å². The quantitative estimate of drug-likeness (QED) is 0.650. The van der Waals surface area contributed by atoms with Crippen molar-refractivity contribution in [3.63, 3.8) is 0 Å². The smallest absolute Gasteiger partial charge is 0.267 e. The fraction of sp³-hybridized carbons (Fsp3) is 0.200. The molecule has 1 amide bonds. The van der Waals surface area contributed by atoms with Crippen molar-refractivity contribution in [2.75, 3.05) is 0 Å². The predicted molar refractivity (Wildman–Crippen MR) is 87.5 cm³/mol. The highest BCUT2D eigenvalue weighted by molar-refractivity contribution is 9.10. The zero-order valence-electron chi connectivity index (χ0n) is 11.3. The van der Waals surface area contributed by atoms with Crippen LogP contribution in [0.25, 0.3) is 0 Å². The molecule has 2 aromatic rings. The average molecular weight is 351 g/mol. The maximum absolute atomic E-state index is 11.9. The van der Waals surface area contributed by atoms with Crippen LogP contribution in [0.2, 0.25) is 0 Å². The Balaban J connectivity index is 2.04. The van der Waals surface area contributed by atoms with E-state index in [4.69, 9.17) is 0 Å². The van der Waals surface area contributed by atoms with Gasteiger partial charge in [0.25, 0.3) is 5.91 Å². The first kappa shape index (κ1) is 14.9. The van der Waals surface area contributed by atoms with Crippen molar-refractivity contribution in [1.82, 2.24) is 5.43 Å². The van der Waals surface area contributed by atoms with Gasteiger partial charge in [0.1, 0.15) is 0 Å². The number of halogens is 1. The first-order chi connectivity index (χ1) is 9.60. The van der Waals surface area contributed by atoms with Gasteiger partial charge in [0.05, 0.1) is 10.6 Å². The van der Waals surface area contributed by atoms with Gasteiger partial charge in [-0.05, 0) is 49.7 Å². The van der Waals surface area contributed by atoms with Gasteiger partial charge in [-0.2, -0.15) is 5.10 Å².